The molecule has 0 fully saturated rings. The molecule has 1 aromatic heterocycles. The SMILES string of the molecule is CC[C@@H](C)NC(=O)Cc1coc2cc(C)ccc12. The maximum atomic E-state index is 11.8. The number of benzene rings is 1. The fraction of sp³-hybridized carbons (Fsp3) is 0.400. The standard InChI is InChI=1S/C15H19NO2/c1-4-11(3)16-15(17)8-12-9-18-14-7-10(2)5-6-13(12)14/h5-7,9,11H,4,8H2,1-3H3,(H,16,17)/t11-/m1/s1. The predicted octanol–water partition coefficient (Wildman–Crippen LogP) is 3.20. The summed E-state index contributed by atoms with van der Waals surface area (Å²) in [7, 11) is 0. The third-order valence-corrected chi connectivity index (χ3v) is 3.18. The van der Waals surface area contributed by atoms with Crippen LogP contribution >= 0.6 is 0 Å². The second-order valence-electron chi connectivity index (χ2n) is 4.81. The average molecular weight is 245 g/mol. The Kier molecular flexibility index (Phi) is 3.70. The van der Waals surface area contributed by atoms with Crippen molar-refractivity contribution >= 4 is 16.9 Å². The van der Waals surface area contributed by atoms with E-state index in [1.165, 1.54) is 0 Å². The van der Waals surface area contributed by atoms with E-state index in [2.05, 4.69) is 12.2 Å². The Morgan fingerprint density at radius 2 is 2.22 bits per heavy atom. The van der Waals surface area contributed by atoms with Crippen LogP contribution in [0.4, 0.5) is 0 Å². The molecular weight excluding hydrogens is 226 g/mol. The van der Waals surface area contributed by atoms with Gasteiger partial charge in [-0.15, -0.1) is 0 Å². The van der Waals surface area contributed by atoms with Gasteiger partial charge in [-0.3, -0.25) is 4.79 Å². The van der Waals surface area contributed by atoms with Gasteiger partial charge in [-0.25, -0.2) is 0 Å². The zero-order valence-electron chi connectivity index (χ0n) is 11.1. The third kappa shape index (κ3) is 2.73. The average Bonchev–Trinajstić information content (AvgIpc) is 2.71. The van der Waals surface area contributed by atoms with Gasteiger partial charge in [0.25, 0.3) is 0 Å². The summed E-state index contributed by atoms with van der Waals surface area (Å²) in [5.74, 6) is 0.0487. The van der Waals surface area contributed by atoms with Crippen molar-refractivity contribution < 1.29 is 9.21 Å². The molecule has 0 unspecified atom stereocenters. The lowest BCUT2D eigenvalue weighted by Crippen LogP contribution is -2.33. The second-order valence-corrected chi connectivity index (χ2v) is 4.81. The Balaban J connectivity index is 2.15. The van der Waals surface area contributed by atoms with Crippen molar-refractivity contribution in [2.75, 3.05) is 0 Å². The summed E-state index contributed by atoms with van der Waals surface area (Å²) in [6.45, 7) is 6.09. The molecule has 0 aliphatic rings. The molecule has 2 aromatic rings. The molecule has 3 nitrogen and oxygen atoms in total. The van der Waals surface area contributed by atoms with Gasteiger partial charge in [-0.05, 0) is 31.9 Å². The van der Waals surface area contributed by atoms with E-state index in [1.807, 2.05) is 32.0 Å². The molecule has 0 spiro atoms. The Hall–Kier alpha value is -1.77. The van der Waals surface area contributed by atoms with Crippen molar-refractivity contribution in [2.45, 2.75) is 39.7 Å². The molecule has 0 radical (unpaired) electrons. The van der Waals surface area contributed by atoms with Crippen molar-refractivity contribution in [3.63, 3.8) is 0 Å². The first kappa shape index (κ1) is 12.7. The second kappa shape index (κ2) is 5.25. The van der Waals surface area contributed by atoms with Crippen LogP contribution in [0.3, 0.4) is 0 Å². The number of hydrogen-bond donors (Lipinski definition) is 1. The van der Waals surface area contributed by atoms with Crippen LogP contribution in [0.15, 0.2) is 28.9 Å². The van der Waals surface area contributed by atoms with Crippen LogP contribution in [0.5, 0.6) is 0 Å². The number of nitrogens with one attached hydrogen (secondary N) is 1. The first-order chi connectivity index (χ1) is 8.60. The van der Waals surface area contributed by atoms with Crippen molar-refractivity contribution in [3.05, 3.63) is 35.6 Å². The molecule has 1 heterocycles. The Morgan fingerprint density at radius 3 is 2.94 bits per heavy atom. The largest absolute Gasteiger partial charge is 0.464 e. The molecule has 1 aromatic carbocycles. The van der Waals surface area contributed by atoms with Gasteiger partial charge in [0.1, 0.15) is 5.58 Å². The number of furan rings is 1. The summed E-state index contributed by atoms with van der Waals surface area (Å²) in [6.07, 6.45) is 3.00. The minimum absolute atomic E-state index is 0.0487. The minimum atomic E-state index is 0.0487. The van der Waals surface area contributed by atoms with E-state index in [0.717, 1.165) is 28.5 Å². The van der Waals surface area contributed by atoms with Gasteiger partial charge >= 0.3 is 0 Å². The van der Waals surface area contributed by atoms with E-state index >= 15 is 0 Å². The van der Waals surface area contributed by atoms with Crippen LogP contribution in [-0.2, 0) is 11.2 Å². The summed E-state index contributed by atoms with van der Waals surface area (Å²) in [4.78, 5) is 11.8. The van der Waals surface area contributed by atoms with E-state index in [4.69, 9.17) is 4.42 Å². The highest BCUT2D eigenvalue weighted by Gasteiger charge is 2.11. The van der Waals surface area contributed by atoms with Crippen LogP contribution < -0.4 is 5.32 Å². The number of carbonyl (C=O) groups is 1. The van der Waals surface area contributed by atoms with E-state index in [9.17, 15) is 4.79 Å². The maximum Gasteiger partial charge on any atom is 0.224 e. The Bertz CT molecular complexity index is 557. The van der Waals surface area contributed by atoms with E-state index < -0.39 is 0 Å². The van der Waals surface area contributed by atoms with Crippen LogP contribution in [0.2, 0.25) is 0 Å². The monoisotopic (exact) mass is 245 g/mol. The maximum absolute atomic E-state index is 11.8. The molecule has 1 N–H and O–H groups in total. The number of rotatable bonds is 4. The van der Waals surface area contributed by atoms with Gasteiger partial charge in [0.05, 0.1) is 12.7 Å². The van der Waals surface area contributed by atoms with Crippen molar-refractivity contribution in [2.24, 2.45) is 0 Å². The van der Waals surface area contributed by atoms with Gasteiger partial charge in [-0.2, -0.15) is 0 Å². The molecule has 0 aliphatic heterocycles. The molecule has 1 amide bonds. The smallest absolute Gasteiger partial charge is 0.224 e. The number of fused-ring (bicyclic) bond motifs is 1. The lowest BCUT2D eigenvalue weighted by atomic mass is 10.1. The first-order valence-corrected chi connectivity index (χ1v) is 6.36. The van der Waals surface area contributed by atoms with Gasteiger partial charge in [0, 0.05) is 17.0 Å². The lowest BCUT2D eigenvalue weighted by Gasteiger charge is -2.10. The highest BCUT2D eigenvalue weighted by molar-refractivity contribution is 5.88. The quantitative estimate of drug-likeness (QED) is 0.898. The highest BCUT2D eigenvalue weighted by Crippen LogP contribution is 2.22. The van der Waals surface area contributed by atoms with E-state index in [-0.39, 0.29) is 11.9 Å². The molecule has 0 aliphatic carbocycles. The van der Waals surface area contributed by atoms with E-state index in [1.54, 1.807) is 6.26 Å². The highest BCUT2D eigenvalue weighted by atomic mass is 16.3. The number of carbonyl (C=O) groups excluding carboxylic acids is 1. The normalized spacial score (nSPS) is 12.6. The van der Waals surface area contributed by atoms with Crippen LogP contribution in [0.1, 0.15) is 31.4 Å². The van der Waals surface area contributed by atoms with Crippen LogP contribution in [0, 0.1) is 6.92 Å². The Labute approximate surface area is 107 Å². The zero-order chi connectivity index (χ0) is 13.1. The van der Waals surface area contributed by atoms with Gasteiger partial charge in [-0.1, -0.05) is 19.1 Å². The molecule has 96 valence electrons. The van der Waals surface area contributed by atoms with Gasteiger partial charge in [0.2, 0.25) is 5.91 Å². The Morgan fingerprint density at radius 1 is 1.44 bits per heavy atom. The molecule has 18 heavy (non-hydrogen) atoms. The van der Waals surface area contributed by atoms with Gasteiger partial charge < -0.3 is 9.73 Å². The minimum Gasteiger partial charge on any atom is -0.464 e. The van der Waals surface area contributed by atoms with Crippen molar-refractivity contribution in [3.8, 4) is 0 Å². The van der Waals surface area contributed by atoms with Crippen molar-refractivity contribution in [1.29, 1.82) is 0 Å². The van der Waals surface area contributed by atoms with Gasteiger partial charge in [0.15, 0.2) is 0 Å². The van der Waals surface area contributed by atoms with E-state index in [0.29, 0.717) is 6.42 Å². The summed E-state index contributed by atoms with van der Waals surface area (Å²) in [6, 6.07) is 6.26. The molecule has 0 saturated carbocycles. The first-order valence-electron chi connectivity index (χ1n) is 6.36. The summed E-state index contributed by atoms with van der Waals surface area (Å²) < 4.78 is 5.48. The number of hydrogen-bond acceptors (Lipinski definition) is 2. The predicted molar refractivity (Wildman–Crippen MR) is 72.6 cm³/mol. The lowest BCUT2D eigenvalue weighted by molar-refractivity contribution is -0.121. The molecule has 2 rings (SSSR count). The third-order valence-electron chi connectivity index (χ3n) is 3.18. The molecule has 1 atom stereocenters. The molecule has 3 heteroatoms. The summed E-state index contributed by atoms with van der Waals surface area (Å²) >= 11 is 0. The molecular formula is C15H19NO2. The summed E-state index contributed by atoms with van der Waals surface area (Å²) in [5.41, 5.74) is 2.96. The fourth-order valence-electron chi connectivity index (χ4n) is 1.93. The molecule has 0 saturated heterocycles. The van der Waals surface area contributed by atoms with Crippen LogP contribution in [-0.4, -0.2) is 11.9 Å². The van der Waals surface area contributed by atoms with Crippen molar-refractivity contribution in [1.82, 2.24) is 5.32 Å². The topological polar surface area (TPSA) is 42.2 Å². The van der Waals surface area contributed by atoms with Crippen LogP contribution in [0.25, 0.3) is 11.0 Å². The molecule has 0 bridgehead atoms. The number of amides is 1. The summed E-state index contributed by atoms with van der Waals surface area (Å²) in [5, 5.41) is 3.99. The fourth-order valence-corrected chi connectivity index (χ4v) is 1.93. The number of aryl methyl sites for hydroxylation is 1. The zero-order valence-corrected chi connectivity index (χ0v) is 11.1.